The van der Waals surface area contributed by atoms with E-state index in [1.165, 1.54) is 0 Å². The number of nitrogens with one attached hydrogen (secondary N) is 3. The molecule has 3 aromatic rings. The molecule has 8 nitrogen and oxygen atoms in total. The molecule has 0 aliphatic heterocycles. The van der Waals surface area contributed by atoms with Gasteiger partial charge >= 0.3 is 6.03 Å². The molecule has 0 saturated carbocycles. The maximum atomic E-state index is 12.5. The van der Waals surface area contributed by atoms with E-state index >= 15 is 0 Å². The Balaban J connectivity index is 1.63. The molecule has 2 aromatic carbocycles. The van der Waals surface area contributed by atoms with Crippen LogP contribution in [0, 0.1) is 13.8 Å². The van der Waals surface area contributed by atoms with E-state index in [2.05, 4.69) is 20.5 Å². The number of anilines is 2. The third-order valence-electron chi connectivity index (χ3n) is 4.66. The third-order valence-corrected chi connectivity index (χ3v) is 5.26. The van der Waals surface area contributed by atoms with Gasteiger partial charge in [-0.1, -0.05) is 24.3 Å². The van der Waals surface area contributed by atoms with Crippen molar-refractivity contribution in [2.75, 3.05) is 16.3 Å². The van der Waals surface area contributed by atoms with E-state index < -0.39 is 10.0 Å². The van der Waals surface area contributed by atoms with Gasteiger partial charge in [0.1, 0.15) is 0 Å². The molecule has 164 valence electrons. The van der Waals surface area contributed by atoms with Crippen LogP contribution in [0.3, 0.4) is 0 Å². The lowest BCUT2D eigenvalue weighted by Crippen LogP contribution is -2.31. The summed E-state index contributed by atoms with van der Waals surface area (Å²) in [7, 11) is -3.37. The van der Waals surface area contributed by atoms with Crippen molar-refractivity contribution in [2.45, 2.75) is 33.4 Å². The Bertz CT molecular complexity index is 1190. The highest BCUT2D eigenvalue weighted by Gasteiger charge is 2.12. The number of rotatable bonds is 7. The molecule has 1 unspecified atom stereocenters. The number of carbonyl (C=O) groups is 1. The molecule has 0 saturated heterocycles. The van der Waals surface area contributed by atoms with Crippen LogP contribution in [0.25, 0.3) is 0 Å². The normalized spacial score (nSPS) is 12.3. The zero-order valence-corrected chi connectivity index (χ0v) is 18.8. The summed E-state index contributed by atoms with van der Waals surface area (Å²) in [6.07, 6.45) is 1.09. The molecule has 0 bridgehead atoms. The van der Waals surface area contributed by atoms with Gasteiger partial charge in [-0.15, -0.1) is 0 Å². The number of sulfonamides is 1. The van der Waals surface area contributed by atoms with Gasteiger partial charge in [0.2, 0.25) is 10.0 Å². The van der Waals surface area contributed by atoms with Crippen LogP contribution in [0.1, 0.15) is 35.5 Å². The number of urea groups is 1. The van der Waals surface area contributed by atoms with E-state index in [1.54, 1.807) is 18.2 Å². The summed E-state index contributed by atoms with van der Waals surface area (Å²) in [6.45, 7) is 6.42. The SMILES string of the molecule is Cc1cc(C)n(Cc2cccc(NC(=O)NC(C)c3cccc(NS(C)(=O)=O)c3)c2)n1. The first-order valence-corrected chi connectivity index (χ1v) is 11.7. The lowest BCUT2D eigenvalue weighted by atomic mass is 10.1. The van der Waals surface area contributed by atoms with Crippen LogP contribution in [0.15, 0.2) is 54.6 Å². The van der Waals surface area contributed by atoms with Gasteiger partial charge < -0.3 is 10.6 Å². The molecule has 31 heavy (non-hydrogen) atoms. The number of aromatic nitrogens is 2. The number of benzene rings is 2. The minimum absolute atomic E-state index is 0.320. The zero-order valence-electron chi connectivity index (χ0n) is 18.0. The lowest BCUT2D eigenvalue weighted by Gasteiger charge is -2.16. The van der Waals surface area contributed by atoms with Crippen LogP contribution in [0.4, 0.5) is 16.2 Å². The van der Waals surface area contributed by atoms with Crippen molar-refractivity contribution in [1.82, 2.24) is 15.1 Å². The average Bonchev–Trinajstić information content (AvgIpc) is 2.97. The first-order valence-electron chi connectivity index (χ1n) is 9.84. The number of carbonyl (C=O) groups excluding carboxylic acids is 1. The van der Waals surface area contributed by atoms with Gasteiger partial charge in [-0.25, -0.2) is 13.2 Å². The highest BCUT2D eigenvalue weighted by molar-refractivity contribution is 7.92. The smallest absolute Gasteiger partial charge is 0.319 e. The second-order valence-corrected chi connectivity index (χ2v) is 9.35. The Kier molecular flexibility index (Phi) is 6.65. The number of aryl methyl sites for hydroxylation is 2. The van der Waals surface area contributed by atoms with E-state index in [4.69, 9.17) is 0 Å². The van der Waals surface area contributed by atoms with E-state index in [9.17, 15) is 13.2 Å². The predicted octanol–water partition coefficient (Wildman–Crippen LogP) is 3.80. The predicted molar refractivity (Wildman–Crippen MR) is 123 cm³/mol. The molecule has 2 amide bonds. The highest BCUT2D eigenvalue weighted by atomic mass is 32.2. The van der Waals surface area contributed by atoms with Crippen LogP contribution >= 0.6 is 0 Å². The first kappa shape index (κ1) is 22.4. The molecule has 1 atom stereocenters. The van der Waals surface area contributed by atoms with Crippen LogP contribution in [0.5, 0.6) is 0 Å². The topological polar surface area (TPSA) is 105 Å². The molecular weight excluding hydrogens is 414 g/mol. The van der Waals surface area contributed by atoms with Crippen molar-refractivity contribution in [3.63, 3.8) is 0 Å². The second-order valence-electron chi connectivity index (χ2n) is 7.60. The fourth-order valence-corrected chi connectivity index (χ4v) is 3.84. The quantitative estimate of drug-likeness (QED) is 0.519. The zero-order chi connectivity index (χ0) is 22.6. The van der Waals surface area contributed by atoms with Gasteiger partial charge in [-0.3, -0.25) is 9.40 Å². The largest absolute Gasteiger partial charge is 0.331 e. The maximum absolute atomic E-state index is 12.5. The molecule has 1 heterocycles. The summed E-state index contributed by atoms with van der Waals surface area (Å²) in [5.41, 5.74) is 4.98. The molecular formula is C22H27N5O3S. The minimum Gasteiger partial charge on any atom is -0.331 e. The number of nitrogens with zero attached hydrogens (tertiary/aromatic N) is 2. The number of hydrogen-bond donors (Lipinski definition) is 3. The van der Waals surface area contributed by atoms with Crippen molar-refractivity contribution in [3.8, 4) is 0 Å². The van der Waals surface area contributed by atoms with Gasteiger partial charge in [0.05, 0.1) is 24.5 Å². The molecule has 0 aliphatic rings. The van der Waals surface area contributed by atoms with Crippen LogP contribution in [0.2, 0.25) is 0 Å². The molecule has 9 heteroatoms. The Morgan fingerprint density at radius 2 is 1.77 bits per heavy atom. The summed E-state index contributed by atoms with van der Waals surface area (Å²) in [6, 6.07) is 15.9. The van der Waals surface area contributed by atoms with Crippen molar-refractivity contribution < 1.29 is 13.2 Å². The van der Waals surface area contributed by atoms with E-state index in [0.717, 1.165) is 28.8 Å². The summed E-state index contributed by atoms with van der Waals surface area (Å²) in [5.74, 6) is 0. The van der Waals surface area contributed by atoms with Crippen LogP contribution in [-0.2, 0) is 16.6 Å². The standard InChI is InChI=1S/C22H27N5O3S/c1-15-11-16(2)27(25-15)14-18-7-5-9-20(12-18)24-22(28)23-17(3)19-8-6-10-21(13-19)26-31(4,29)30/h5-13,17,26H,14H2,1-4H3,(H2,23,24,28). The summed E-state index contributed by atoms with van der Waals surface area (Å²) in [5, 5.41) is 10.2. The first-order chi connectivity index (χ1) is 14.6. The molecule has 3 rings (SSSR count). The van der Waals surface area contributed by atoms with Gasteiger partial charge in [0.15, 0.2) is 0 Å². The fourth-order valence-electron chi connectivity index (χ4n) is 3.29. The van der Waals surface area contributed by atoms with Crippen LogP contribution in [-0.4, -0.2) is 30.5 Å². The molecule has 0 radical (unpaired) electrons. The molecule has 3 N–H and O–H groups in total. The van der Waals surface area contributed by atoms with E-state index in [0.29, 0.717) is 17.9 Å². The number of hydrogen-bond acceptors (Lipinski definition) is 4. The van der Waals surface area contributed by atoms with Crippen molar-refractivity contribution in [1.29, 1.82) is 0 Å². The summed E-state index contributed by atoms with van der Waals surface area (Å²) in [4.78, 5) is 12.5. The van der Waals surface area contributed by atoms with Gasteiger partial charge in [0, 0.05) is 17.1 Å². The van der Waals surface area contributed by atoms with Gasteiger partial charge in [-0.2, -0.15) is 5.10 Å². The van der Waals surface area contributed by atoms with Crippen molar-refractivity contribution in [3.05, 3.63) is 77.1 Å². The number of amides is 2. The average molecular weight is 442 g/mol. The molecule has 0 spiro atoms. The maximum Gasteiger partial charge on any atom is 0.319 e. The Labute approximate surface area is 182 Å². The molecule has 0 fully saturated rings. The lowest BCUT2D eigenvalue weighted by molar-refractivity contribution is 0.249. The molecule has 0 aliphatic carbocycles. The third kappa shape index (κ3) is 6.58. The van der Waals surface area contributed by atoms with Gasteiger partial charge in [0.25, 0.3) is 0 Å². The molecule has 1 aromatic heterocycles. The van der Waals surface area contributed by atoms with Gasteiger partial charge in [-0.05, 0) is 62.2 Å². The van der Waals surface area contributed by atoms with E-state index in [-0.39, 0.29) is 12.1 Å². The Morgan fingerprint density at radius 1 is 1.06 bits per heavy atom. The second kappa shape index (κ2) is 9.22. The van der Waals surface area contributed by atoms with Crippen LogP contribution < -0.4 is 15.4 Å². The monoisotopic (exact) mass is 441 g/mol. The van der Waals surface area contributed by atoms with Crippen molar-refractivity contribution >= 4 is 27.4 Å². The Hall–Kier alpha value is -3.33. The highest BCUT2D eigenvalue weighted by Crippen LogP contribution is 2.19. The van der Waals surface area contributed by atoms with E-state index in [1.807, 2.05) is 61.9 Å². The minimum atomic E-state index is -3.37. The summed E-state index contributed by atoms with van der Waals surface area (Å²) >= 11 is 0. The fraction of sp³-hybridized carbons (Fsp3) is 0.273. The Morgan fingerprint density at radius 3 is 2.45 bits per heavy atom. The summed E-state index contributed by atoms with van der Waals surface area (Å²) < 4.78 is 27.2. The van der Waals surface area contributed by atoms with Crippen molar-refractivity contribution in [2.24, 2.45) is 0 Å².